The van der Waals surface area contributed by atoms with Crippen LogP contribution >= 0.6 is 11.3 Å². The number of halogens is 1. The van der Waals surface area contributed by atoms with Crippen molar-refractivity contribution in [3.8, 4) is 5.00 Å². The second-order valence-corrected chi connectivity index (χ2v) is 14.4. The minimum absolute atomic E-state index is 0.122. The largest absolute Gasteiger partial charge is 0.444 e. The number of rotatable bonds is 2. The molecule has 7 nitrogen and oxygen atoms in total. The van der Waals surface area contributed by atoms with E-state index >= 15 is 4.39 Å². The van der Waals surface area contributed by atoms with E-state index in [4.69, 9.17) is 9.73 Å². The van der Waals surface area contributed by atoms with Gasteiger partial charge in [-0.25, -0.2) is 9.18 Å². The topological polar surface area (TPSA) is 72.6 Å². The fraction of sp³-hybridized carbons (Fsp3) is 0.562. The summed E-state index contributed by atoms with van der Waals surface area (Å²) in [6.07, 6.45) is 4.62. The van der Waals surface area contributed by atoms with Crippen LogP contribution < -0.4 is 0 Å². The Kier molecular flexibility index (Phi) is 6.87. The van der Waals surface area contributed by atoms with Crippen LogP contribution in [0.15, 0.2) is 23.2 Å². The summed E-state index contributed by atoms with van der Waals surface area (Å²) in [5.41, 5.74) is 4.25. The molecule has 6 rings (SSSR count). The molecule has 1 aromatic carbocycles. The molecule has 1 spiro atoms. The summed E-state index contributed by atoms with van der Waals surface area (Å²) < 4.78 is 23.6. The van der Waals surface area contributed by atoms with Gasteiger partial charge in [-0.3, -0.25) is 9.56 Å². The lowest BCUT2D eigenvalue weighted by atomic mass is 9.68. The van der Waals surface area contributed by atoms with Gasteiger partial charge in [-0.1, -0.05) is 12.1 Å². The molecule has 4 heterocycles. The molecule has 41 heavy (non-hydrogen) atoms. The van der Waals surface area contributed by atoms with Crippen molar-refractivity contribution in [1.29, 1.82) is 0 Å². The van der Waals surface area contributed by atoms with Crippen LogP contribution in [0.25, 0.3) is 5.00 Å². The highest BCUT2D eigenvalue weighted by Crippen LogP contribution is 2.49. The molecule has 218 valence electrons. The van der Waals surface area contributed by atoms with Crippen molar-refractivity contribution in [3.05, 3.63) is 62.8 Å². The number of aryl methyl sites for hydroxylation is 2. The summed E-state index contributed by atoms with van der Waals surface area (Å²) in [6, 6.07) is 5.51. The predicted octanol–water partition coefficient (Wildman–Crippen LogP) is 7.59. The molecule has 1 saturated heterocycles. The van der Waals surface area contributed by atoms with E-state index in [0.29, 0.717) is 0 Å². The van der Waals surface area contributed by atoms with Crippen LogP contribution in [-0.2, 0) is 4.74 Å². The van der Waals surface area contributed by atoms with Gasteiger partial charge in [0.2, 0.25) is 0 Å². The fourth-order valence-corrected chi connectivity index (χ4v) is 8.07. The maximum absolute atomic E-state index is 15.9. The van der Waals surface area contributed by atoms with Crippen LogP contribution in [0.4, 0.5) is 9.18 Å². The van der Waals surface area contributed by atoms with E-state index in [1.165, 1.54) is 4.88 Å². The van der Waals surface area contributed by atoms with Crippen LogP contribution in [0.3, 0.4) is 0 Å². The summed E-state index contributed by atoms with van der Waals surface area (Å²) in [5.74, 6) is 1.66. The first-order valence-corrected chi connectivity index (χ1v) is 15.6. The van der Waals surface area contributed by atoms with Crippen LogP contribution in [0.5, 0.6) is 0 Å². The monoisotopic (exact) mass is 577 g/mol. The third-order valence-electron chi connectivity index (χ3n) is 9.20. The number of ether oxygens (including phenoxy) is 1. The molecule has 9 heteroatoms. The fourth-order valence-electron chi connectivity index (χ4n) is 6.85. The average Bonchev–Trinajstić information content (AvgIpc) is 3.56. The highest BCUT2D eigenvalue weighted by molar-refractivity contribution is 7.15. The molecular formula is C32H40FN5O2S. The van der Waals surface area contributed by atoms with Crippen LogP contribution in [0.2, 0.25) is 0 Å². The maximum Gasteiger partial charge on any atom is 0.410 e. The van der Waals surface area contributed by atoms with Gasteiger partial charge in [0.1, 0.15) is 28.3 Å². The first-order valence-electron chi connectivity index (χ1n) is 14.7. The van der Waals surface area contributed by atoms with Gasteiger partial charge < -0.3 is 9.64 Å². The maximum atomic E-state index is 15.9. The molecule has 2 aliphatic heterocycles. The van der Waals surface area contributed by atoms with Crippen molar-refractivity contribution in [2.45, 2.75) is 98.1 Å². The van der Waals surface area contributed by atoms with Crippen molar-refractivity contribution in [3.63, 3.8) is 0 Å². The number of carbonyl (C=O) groups is 1. The van der Waals surface area contributed by atoms with Crippen molar-refractivity contribution in [2.75, 3.05) is 13.1 Å². The van der Waals surface area contributed by atoms with E-state index in [-0.39, 0.29) is 29.3 Å². The van der Waals surface area contributed by atoms with Gasteiger partial charge in [0.25, 0.3) is 0 Å². The Bertz CT molecular complexity index is 1540. The highest BCUT2D eigenvalue weighted by atomic mass is 32.1. The predicted molar refractivity (Wildman–Crippen MR) is 160 cm³/mol. The molecule has 1 amide bonds. The van der Waals surface area contributed by atoms with E-state index in [9.17, 15) is 4.79 Å². The number of fused-ring (bicyclic) bond motifs is 3. The van der Waals surface area contributed by atoms with E-state index in [1.807, 2.05) is 51.7 Å². The summed E-state index contributed by atoms with van der Waals surface area (Å²) >= 11 is 1.71. The number of hydrogen-bond donors (Lipinski definition) is 0. The Morgan fingerprint density at radius 3 is 2.54 bits per heavy atom. The van der Waals surface area contributed by atoms with Gasteiger partial charge in [-0.2, -0.15) is 0 Å². The quantitative estimate of drug-likeness (QED) is 0.315. The molecule has 3 aliphatic rings. The van der Waals surface area contributed by atoms with Crippen molar-refractivity contribution in [1.82, 2.24) is 19.7 Å². The Morgan fingerprint density at radius 2 is 1.85 bits per heavy atom. The van der Waals surface area contributed by atoms with E-state index in [1.54, 1.807) is 17.4 Å². The molecule has 0 N–H and O–H groups in total. The number of aromatic nitrogens is 3. The summed E-state index contributed by atoms with van der Waals surface area (Å²) in [6.45, 7) is 15.4. The van der Waals surface area contributed by atoms with E-state index < -0.39 is 5.60 Å². The first kappa shape index (κ1) is 28.1. The van der Waals surface area contributed by atoms with Gasteiger partial charge in [0, 0.05) is 29.1 Å². The average molecular weight is 578 g/mol. The third kappa shape index (κ3) is 5.00. The molecule has 2 aromatic heterocycles. The first-order chi connectivity index (χ1) is 19.4. The number of aliphatic imine (C=N–C) groups is 1. The molecule has 0 radical (unpaired) electrons. The molecule has 1 aliphatic carbocycles. The zero-order valence-corrected chi connectivity index (χ0v) is 26.0. The van der Waals surface area contributed by atoms with Gasteiger partial charge >= 0.3 is 6.09 Å². The molecule has 0 bridgehead atoms. The Hall–Kier alpha value is -3.07. The van der Waals surface area contributed by atoms with Crippen molar-refractivity contribution >= 4 is 23.1 Å². The minimum atomic E-state index is -0.491. The van der Waals surface area contributed by atoms with Crippen LogP contribution in [0, 0.1) is 32.0 Å². The van der Waals surface area contributed by atoms with Crippen molar-refractivity contribution < 1.29 is 13.9 Å². The van der Waals surface area contributed by atoms with Crippen LogP contribution in [0.1, 0.15) is 111 Å². The number of carbonyl (C=O) groups excluding carboxylic acids is 1. The molecular weight excluding hydrogens is 537 g/mol. The van der Waals surface area contributed by atoms with E-state index in [0.717, 1.165) is 89.8 Å². The summed E-state index contributed by atoms with van der Waals surface area (Å²) in [7, 11) is 0. The van der Waals surface area contributed by atoms with Crippen molar-refractivity contribution in [2.24, 2.45) is 10.4 Å². The molecule has 1 saturated carbocycles. The molecule has 2 fully saturated rings. The zero-order chi connectivity index (χ0) is 29.3. The lowest BCUT2D eigenvalue weighted by Crippen LogP contribution is -2.37. The number of nitrogens with zero attached hydrogens (tertiary/aromatic N) is 5. The summed E-state index contributed by atoms with van der Waals surface area (Å²) in [5, 5.41) is 9.80. The smallest absolute Gasteiger partial charge is 0.410 e. The number of amides is 1. The normalized spacial score (nSPS) is 24.2. The second-order valence-electron chi connectivity index (χ2n) is 13.2. The number of hydrogen-bond acceptors (Lipinski definition) is 6. The molecule has 1 unspecified atom stereocenters. The number of benzene rings is 1. The Balaban J connectivity index is 1.22. The van der Waals surface area contributed by atoms with E-state index in [2.05, 4.69) is 28.6 Å². The molecule has 3 aromatic rings. The Morgan fingerprint density at radius 1 is 1.12 bits per heavy atom. The van der Waals surface area contributed by atoms with Gasteiger partial charge in [-0.05, 0) is 109 Å². The zero-order valence-electron chi connectivity index (χ0n) is 25.2. The number of thiophene rings is 1. The number of likely N-dealkylation sites (tertiary alicyclic amines) is 1. The highest BCUT2D eigenvalue weighted by Gasteiger charge is 2.44. The SMILES string of the molecule is Cc1sc2c(c1C)C(c1ccc(C3CCC4(CC3)CCN(C(=O)OC(C)(C)C)C4)c(F)c1)=NC(C)c1nnc(C)n1-2. The lowest BCUT2D eigenvalue weighted by Gasteiger charge is -2.37. The lowest BCUT2D eigenvalue weighted by molar-refractivity contribution is 0.0260. The van der Waals surface area contributed by atoms with Gasteiger partial charge in [-0.15, -0.1) is 21.5 Å². The molecule has 1 atom stereocenters. The van der Waals surface area contributed by atoms with Gasteiger partial charge in [0.15, 0.2) is 5.82 Å². The third-order valence-corrected chi connectivity index (χ3v) is 10.4. The minimum Gasteiger partial charge on any atom is -0.444 e. The van der Waals surface area contributed by atoms with Gasteiger partial charge in [0.05, 0.1) is 5.71 Å². The second kappa shape index (κ2) is 10.0. The summed E-state index contributed by atoms with van der Waals surface area (Å²) in [4.78, 5) is 20.8. The van der Waals surface area contributed by atoms with Crippen LogP contribution in [-0.4, -0.2) is 50.2 Å². The standard InChI is InChI=1S/C32H40FN5O2S/c1-18-20(3)41-29-26(18)27(34-19(2)28-36-35-21(4)38(28)29)23-8-9-24(25(33)16-23)22-10-12-32(13-11-22)14-15-37(17-32)30(39)40-31(5,6)7/h8-9,16,19,22H,10-15,17H2,1-7H3. The Labute approximate surface area is 245 Å².